The van der Waals surface area contributed by atoms with Gasteiger partial charge in [0.25, 0.3) is 0 Å². The molecule has 0 bridgehead atoms. The van der Waals surface area contributed by atoms with Gasteiger partial charge in [-0.3, -0.25) is 4.79 Å². The van der Waals surface area contributed by atoms with E-state index in [0.29, 0.717) is 16.6 Å². The number of nitrogens with zero attached hydrogens (tertiary/aromatic N) is 2. The lowest BCUT2D eigenvalue weighted by Gasteiger charge is -2.24. The van der Waals surface area contributed by atoms with Gasteiger partial charge in [-0.05, 0) is 24.6 Å². The Balaban J connectivity index is 1.94. The van der Waals surface area contributed by atoms with Gasteiger partial charge in [0.2, 0.25) is 5.91 Å². The summed E-state index contributed by atoms with van der Waals surface area (Å²) in [6.07, 6.45) is 2.15. The first-order valence-electron chi connectivity index (χ1n) is 7.93. The van der Waals surface area contributed by atoms with E-state index in [-0.39, 0.29) is 28.7 Å². The number of thioether (sulfide) groups is 1. The number of unbranched alkanes of at least 4 members (excludes halogenated alkanes) is 1. The molecule has 8 heteroatoms. The highest BCUT2D eigenvalue weighted by Gasteiger charge is 2.49. The molecule has 0 aromatic heterocycles. The third kappa shape index (κ3) is 3.78. The van der Waals surface area contributed by atoms with Gasteiger partial charge in [0.15, 0.2) is 15.0 Å². The van der Waals surface area contributed by atoms with E-state index in [9.17, 15) is 13.2 Å². The molecule has 130 valence electrons. The lowest BCUT2D eigenvalue weighted by Crippen LogP contribution is -2.37. The van der Waals surface area contributed by atoms with Crippen molar-refractivity contribution in [2.75, 3.05) is 16.4 Å². The third-order valence-corrected chi connectivity index (χ3v) is 7.56. The second-order valence-electron chi connectivity index (χ2n) is 6.04. The summed E-state index contributed by atoms with van der Waals surface area (Å²) in [6.45, 7) is 2.03. The van der Waals surface area contributed by atoms with E-state index in [4.69, 9.17) is 11.6 Å². The molecule has 0 aliphatic carbocycles. The summed E-state index contributed by atoms with van der Waals surface area (Å²) >= 11 is 7.47. The smallest absolute Gasteiger partial charge is 0.248 e. The number of halogens is 1. The molecule has 0 N–H and O–H groups in total. The zero-order valence-corrected chi connectivity index (χ0v) is 15.7. The van der Waals surface area contributed by atoms with E-state index in [2.05, 4.69) is 4.99 Å². The molecular formula is C16H19ClN2O3S2. The summed E-state index contributed by atoms with van der Waals surface area (Å²) in [7, 11) is -3.06. The Hall–Kier alpha value is -1.05. The Kier molecular flexibility index (Phi) is 5.22. The van der Waals surface area contributed by atoms with Gasteiger partial charge in [0, 0.05) is 22.4 Å². The molecule has 0 saturated carbocycles. The lowest BCUT2D eigenvalue weighted by atomic mass is 10.2. The minimum Gasteiger partial charge on any atom is -0.316 e. The van der Waals surface area contributed by atoms with Crippen LogP contribution in [-0.4, -0.2) is 42.3 Å². The number of hydrogen-bond donors (Lipinski definition) is 0. The topological polar surface area (TPSA) is 66.8 Å². The van der Waals surface area contributed by atoms with Gasteiger partial charge in [-0.15, -0.1) is 0 Å². The molecule has 0 radical (unpaired) electrons. The van der Waals surface area contributed by atoms with Crippen LogP contribution in [0, 0.1) is 0 Å². The number of carbonyl (C=O) groups excluding carboxylic acids is 1. The molecule has 5 nitrogen and oxygen atoms in total. The maximum Gasteiger partial charge on any atom is 0.248 e. The van der Waals surface area contributed by atoms with E-state index >= 15 is 0 Å². The van der Waals surface area contributed by atoms with Crippen LogP contribution in [0.15, 0.2) is 29.3 Å². The average molecular weight is 387 g/mol. The number of benzene rings is 1. The Morgan fingerprint density at radius 2 is 2.21 bits per heavy atom. The Morgan fingerprint density at radius 1 is 1.42 bits per heavy atom. The van der Waals surface area contributed by atoms with Crippen molar-refractivity contribution < 1.29 is 13.2 Å². The van der Waals surface area contributed by atoms with Crippen molar-refractivity contribution in [2.24, 2.45) is 4.99 Å². The molecule has 2 unspecified atom stereocenters. The van der Waals surface area contributed by atoms with E-state index < -0.39 is 9.84 Å². The van der Waals surface area contributed by atoms with Crippen LogP contribution in [0.25, 0.3) is 0 Å². The summed E-state index contributed by atoms with van der Waals surface area (Å²) in [5.74, 6) is 0.0511. The summed E-state index contributed by atoms with van der Waals surface area (Å²) in [5.41, 5.74) is 0.779. The predicted octanol–water partition coefficient (Wildman–Crippen LogP) is 3.13. The number of aliphatic imine (C=N–C) groups is 1. The number of amides is 1. The van der Waals surface area contributed by atoms with Crippen molar-refractivity contribution >= 4 is 50.0 Å². The number of carbonyl (C=O) groups is 1. The normalized spacial score (nSPS) is 26.8. The van der Waals surface area contributed by atoms with Crippen LogP contribution in [0.3, 0.4) is 0 Å². The number of hydrogen-bond acceptors (Lipinski definition) is 4. The molecule has 2 saturated heterocycles. The van der Waals surface area contributed by atoms with Crippen molar-refractivity contribution in [3.05, 3.63) is 29.3 Å². The summed E-state index contributed by atoms with van der Waals surface area (Å²) in [5, 5.41) is 1.06. The average Bonchev–Trinajstić information content (AvgIpc) is 2.96. The van der Waals surface area contributed by atoms with Gasteiger partial charge in [-0.25, -0.2) is 8.42 Å². The monoisotopic (exact) mass is 386 g/mol. The number of sulfone groups is 1. The van der Waals surface area contributed by atoms with Crippen molar-refractivity contribution in [2.45, 2.75) is 37.5 Å². The van der Waals surface area contributed by atoms with Crippen molar-refractivity contribution in [1.82, 2.24) is 0 Å². The third-order valence-electron chi connectivity index (χ3n) is 4.12. The summed E-state index contributed by atoms with van der Waals surface area (Å²) < 4.78 is 24.0. The molecule has 0 spiro atoms. The molecule has 24 heavy (non-hydrogen) atoms. The molecule has 3 rings (SSSR count). The predicted molar refractivity (Wildman–Crippen MR) is 99.7 cm³/mol. The molecule has 2 heterocycles. The number of anilines is 1. The SMILES string of the molecule is CCCCC(=O)N=C1SC2CS(=O)(=O)CC2N1c1cccc(Cl)c1. The van der Waals surface area contributed by atoms with Gasteiger partial charge in [-0.1, -0.05) is 42.8 Å². The molecular weight excluding hydrogens is 368 g/mol. The van der Waals surface area contributed by atoms with E-state index in [1.165, 1.54) is 11.8 Å². The van der Waals surface area contributed by atoms with E-state index in [0.717, 1.165) is 18.5 Å². The Morgan fingerprint density at radius 3 is 2.92 bits per heavy atom. The highest BCUT2D eigenvalue weighted by Crippen LogP contribution is 2.41. The van der Waals surface area contributed by atoms with Crippen LogP contribution >= 0.6 is 23.4 Å². The Labute approximate surface area is 151 Å². The van der Waals surface area contributed by atoms with Crippen molar-refractivity contribution in [3.8, 4) is 0 Å². The van der Waals surface area contributed by atoms with Crippen LogP contribution in [0.1, 0.15) is 26.2 Å². The zero-order valence-electron chi connectivity index (χ0n) is 13.3. The molecule has 2 aliphatic heterocycles. The van der Waals surface area contributed by atoms with Gasteiger partial charge in [0.1, 0.15) is 0 Å². The Bertz CT molecular complexity index is 779. The van der Waals surface area contributed by atoms with Gasteiger partial charge >= 0.3 is 0 Å². The van der Waals surface area contributed by atoms with Crippen LogP contribution in [-0.2, 0) is 14.6 Å². The number of amidine groups is 1. The molecule has 2 fully saturated rings. The van der Waals surface area contributed by atoms with Gasteiger partial charge in [-0.2, -0.15) is 4.99 Å². The fourth-order valence-electron chi connectivity index (χ4n) is 2.98. The molecule has 1 aromatic carbocycles. The van der Waals surface area contributed by atoms with Crippen LogP contribution in [0.4, 0.5) is 5.69 Å². The fourth-order valence-corrected chi connectivity index (χ4v) is 7.10. The first kappa shape index (κ1) is 17.8. The fraction of sp³-hybridized carbons (Fsp3) is 0.500. The molecule has 1 amide bonds. The van der Waals surface area contributed by atoms with E-state index in [1.807, 2.05) is 24.0 Å². The largest absolute Gasteiger partial charge is 0.316 e. The van der Waals surface area contributed by atoms with E-state index in [1.54, 1.807) is 12.1 Å². The number of rotatable bonds is 4. The maximum atomic E-state index is 12.1. The highest BCUT2D eigenvalue weighted by atomic mass is 35.5. The molecule has 2 aliphatic rings. The first-order chi connectivity index (χ1) is 11.4. The van der Waals surface area contributed by atoms with Gasteiger partial charge < -0.3 is 4.90 Å². The number of fused-ring (bicyclic) bond motifs is 1. The first-order valence-corrected chi connectivity index (χ1v) is 11.0. The minimum absolute atomic E-state index is 0.0827. The van der Waals surface area contributed by atoms with Crippen LogP contribution in [0.2, 0.25) is 5.02 Å². The standard InChI is InChI=1S/C16H19ClN2O3S2/c1-2-3-7-15(20)18-16-19(12-6-4-5-11(17)8-12)13-9-24(21,22)10-14(13)23-16/h4-6,8,13-14H,2-3,7,9-10H2,1H3. The lowest BCUT2D eigenvalue weighted by molar-refractivity contribution is -0.117. The van der Waals surface area contributed by atoms with Crippen LogP contribution in [0.5, 0.6) is 0 Å². The highest BCUT2D eigenvalue weighted by molar-refractivity contribution is 8.16. The molecule has 1 aromatic rings. The zero-order chi connectivity index (χ0) is 17.3. The van der Waals surface area contributed by atoms with Crippen molar-refractivity contribution in [1.29, 1.82) is 0 Å². The second-order valence-corrected chi connectivity index (χ2v) is 9.84. The minimum atomic E-state index is -3.06. The second kappa shape index (κ2) is 7.06. The summed E-state index contributed by atoms with van der Waals surface area (Å²) in [6, 6.07) is 7.03. The summed E-state index contributed by atoms with van der Waals surface area (Å²) in [4.78, 5) is 18.2. The quantitative estimate of drug-likeness (QED) is 0.795. The van der Waals surface area contributed by atoms with Crippen molar-refractivity contribution in [3.63, 3.8) is 0 Å². The maximum absolute atomic E-state index is 12.1. The van der Waals surface area contributed by atoms with Crippen LogP contribution < -0.4 is 4.90 Å². The van der Waals surface area contributed by atoms with Gasteiger partial charge in [0.05, 0.1) is 17.5 Å². The molecule has 2 atom stereocenters.